The molecule has 0 spiro atoms. The molecule has 0 unspecified atom stereocenters. The standard InChI is InChI=1S/3C7H6Br.C5H4O2S.Sn/c3*1-6-4-2-3-5-7(6)8;6-5(7)4-2-1-3-8-4;/h3*2-5H,1H2;1-3H,(H,6,7);/q;;;;+1/p-1. The predicted molar refractivity (Wildman–Crippen MR) is 149 cm³/mol. The fourth-order valence-electron chi connectivity index (χ4n) is 3.90. The van der Waals surface area contributed by atoms with E-state index in [2.05, 4.69) is 102 Å². The van der Waals surface area contributed by atoms with Gasteiger partial charge in [-0.3, -0.25) is 0 Å². The van der Waals surface area contributed by atoms with Crippen LogP contribution < -0.4 is 0 Å². The third kappa shape index (κ3) is 6.60. The molecule has 0 atom stereocenters. The second kappa shape index (κ2) is 11.7. The van der Waals surface area contributed by atoms with Gasteiger partial charge in [-0.2, -0.15) is 0 Å². The summed E-state index contributed by atoms with van der Waals surface area (Å²) in [7, 11) is 0. The fourth-order valence-corrected chi connectivity index (χ4v) is 19.9. The summed E-state index contributed by atoms with van der Waals surface area (Å²) in [6.07, 6.45) is 0. The first-order valence-electron chi connectivity index (χ1n) is 10.4. The van der Waals surface area contributed by atoms with E-state index >= 15 is 0 Å². The number of carbonyl (C=O) groups excluding carboxylic acids is 1. The SMILES string of the molecule is O=C([O][Sn]([CH2]c1ccccc1Br)([CH2]c1ccccc1Br)[CH2]c1ccccc1Br)c1cccs1. The Hall–Kier alpha value is -0.931. The van der Waals surface area contributed by atoms with Crippen LogP contribution in [0, 0.1) is 0 Å². The summed E-state index contributed by atoms with van der Waals surface area (Å²) in [6.45, 7) is 0. The first kappa shape index (κ1) is 25.2. The molecule has 33 heavy (non-hydrogen) atoms. The third-order valence-corrected chi connectivity index (χ3v) is 19.2. The van der Waals surface area contributed by atoms with Gasteiger partial charge in [0.15, 0.2) is 0 Å². The maximum absolute atomic E-state index is 13.4. The molecule has 0 bridgehead atoms. The Kier molecular flexibility index (Phi) is 8.90. The molecular formula is C26H21Br3O2SSn. The monoisotopic (exact) mass is 754 g/mol. The van der Waals surface area contributed by atoms with Crippen molar-refractivity contribution < 1.29 is 7.87 Å². The Labute approximate surface area is 228 Å². The summed E-state index contributed by atoms with van der Waals surface area (Å²) >= 11 is 8.86. The Balaban J connectivity index is 1.82. The minimum atomic E-state index is -3.77. The Morgan fingerprint density at radius 1 is 0.667 bits per heavy atom. The second-order valence-electron chi connectivity index (χ2n) is 7.85. The van der Waals surface area contributed by atoms with Crippen LogP contribution in [-0.2, 0) is 16.4 Å². The van der Waals surface area contributed by atoms with E-state index < -0.39 is 18.8 Å². The van der Waals surface area contributed by atoms with Gasteiger partial charge in [-0.05, 0) is 0 Å². The van der Waals surface area contributed by atoms with Crippen molar-refractivity contribution in [1.29, 1.82) is 0 Å². The minimum absolute atomic E-state index is 0.202. The molecule has 4 rings (SSSR count). The van der Waals surface area contributed by atoms with Crippen molar-refractivity contribution in [2.75, 3.05) is 0 Å². The van der Waals surface area contributed by atoms with Crippen molar-refractivity contribution in [3.63, 3.8) is 0 Å². The summed E-state index contributed by atoms with van der Waals surface area (Å²) in [4.78, 5) is 14.0. The third-order valence-electron chi connectivity index (χ3n) is 5.44. The van der Waals surface area contributed by atoms with Crippen LogP contribution in [0.2, 0.25) is 0 Å². The van der Waals surface area contributed by atoms with E-state index in [0.717, 1.165) is 26.7 Å². The molecule has 7 heteroatoms. The topological polar surface area (TPSA) is 26.3 Å². The summed E-state index contributed by atoms with van der Waals surface area (Å²) in [5.41, 5.74) is 3.56. The van der Waals surface area contributed by atoms with Crippen LogP contribution in [0.3, 0.4) is 0 Å². The number of hydrogen-bond acceptors (Lipinski definition) is 3. The average molecular weight is 756 g/mol. The molecule has 2 nitrogen and oxygen atoms in total. The molecule has 0 saturated carbocycles. The quantitative estimate of drug-likeness (QED) is 0.169. The molecule has 168 valence electrons. The second-order valence-corrected chi connectivity index (χ2v) is 21.7. The van der Waals surface area contributed by atoms with Gasteiger partial charge < -0.3 is 0 Å². The van der Waals surface area contributed by atoms with Crippen molar-refractivity contribution in [3.05, 3.63) is 125 Å². The molecule has 0 radical (unpaired) electrons. The first-order chi connectivity index (χ1) is 16.0. The molecule has 1 heterocycles. The van der Waals surface area contributed by atoms with Crippen LogP contribution >= 0.6 is 59.1 Å². The number of hydrogen-bond donors (Lipinski definition) is 0. The van der Waals surface area contributed by atoms with E-state index in [9.17, 15) is 4.79 Å². The van der Waals surface area contributed by atoms with Gasteiger partial charge in [0.1, 0.15) is 0 Å². The number of thiophene rings is 1. The van der Waals surface area contributed by atoms with Gasteiger partial charge in [-0.15, -0.1) is 0 Å². The summed E-state index contributed by atoms with van der Waals surface area (Å²) in [5.74, 6) is -0.202. The number of carbonyl (C=O) groups is 1. The van der Waals surface area contributed by atoms with E-state index in [1.807, 2.05) is 35.7 Å². The van der Waals surface area contributed by atoms with Gasteiger partial charge in [-0.1, -0.05) is 0 Å². The summed E-state index contributed by atoms with van der Waals surface area (Å²) in [6, 6.07) is 28.5. The van der Waals surface area contributed by atoms with Crippen LogP contribution in [0.25, 0.3) is 0 Å². The molecule has 3 aromatic carbocycles. The normalized spacial score (nSPS) is 11.4. The zero-order valence-corrected chi connectivity index (χ0v) is 26.1. The van der Waals surface area contributed by atoms with Crippen LogP contribution in [0.5, 0.6) is 0 Å². The van der Waals surface area contributed by atoms with Crippen molar-refractivity contribution in [2.45, 2.75) is 13.3 Å². The van der Waals surface area contributed by atoms with Crippen LogP contribution in [0.15, 0.2) is 104 Å². The number of benzene rings is 3. The van der Waals surface area contributed by atoms with Crippen LogP contribution in [0.1, 0.15) is 26.4 Å². The van der Waals surface area contributed by atoms with E-state index in [0.29, 0.717) is 4.88 Å². The molecular weight excluding hydrogens is 735 g/mol. The fraction of sp³-hybridized carbons (Fsp3) is 0.115. The molecule has 0 aliphatic carbocycles. The van der Waals surface area contributed by atoms with Crippen molar-refractivity contribution >= 4 is 83.9 Å². The molecule has 0 aliphatic heterocycles. The van der Waals surface area contributed by atoms with Crippen molar-refractivity contribution in [3.8, 4) is 0 Å². The van der Waals surface area contributed by atoms with Crippen LogP contribution in [0.4, 0.5) is 0 Å². The number of rotatable bonds is 8. The van der Waals surface area contributed by atoms with Crippen LogP contribution in [-0.4, -0.2) is 24.8 Å². The summed E-state index contributed by atoms with van der Waals surface area (Å²) in [5, 5.41) is 1.92. The maximum atomic E-state index is 13.4. The van der Waals surface area contributed by atoms with Crippen molar-refractivity contribution in [1.82, 2.24) is 0 Å². The average Bonchev–Trinajstić information content (AvgIpc) is 3.34. The molecule has 1 aromatic heterocycles. The van der Waals surface area contributed by atoms with Gasteiger partial charge in [0.25, 0.3) is 0 Å². The zero-order valence-electron chi connectivity index (χ0n) is 17.6. The molecule has 0 aliphatic rings. The summed E-state index contributed by atoms with van der Waals surface area (Å²) < 4.78 is 12.2. The zero-order chi connectivity index (χ0) is 23.3. The van der Waals surface area contributed by atoms with E-state index in [4.69, 9.17) is 3.07 Å². The van der Waals surface area contributed by atoms with E-state index in [-0.39, 0.29) is 5.97 Å². The van der Waals surface area contributed by atoms with E-state index in [1.54, 1.807) is 0 Å². The van der Waals surface area contributed by atoms with E-state index in [1.165, 1.54) is 28.0 Å². The molecule has 0 fully saturated rings. The Morgan fingerprint density at radius 3 is 1.45 bits per heavy atom. The van der Waals surface area contributed by atoms with Gasteiger partial charge in [-0.25, -0.2) is 0 Å². The van der Waals surface area contributed by atoms with Gasteiger partial charge in [0.05, 0.1) is 0 Å². The van der Waals surface area contributed by atoms with Gasteiger partial charge in [0, 0.05) is 0 Å². The molecule has 4 aromatic rings. The Morgan fingerprint density at radius 2 is 1.09 bits per heavy atom. The molecule has 0 N–H and O–H groups in total. The van der Waals surface area contributed by atoms with Crippen molar-refractivity contribution in [2.24, 2.45) is 0 Å². The van der Waals surface area contributed by atoms with Gasteiger partial charge in [0.2, 0.25) is 0 Å². The first-order valence-corrected chi connectivity index (χ1v) is 20.9. The molecule has 0 amide bonds. The number of halogens is 3. The molecule has 0 saturated heterocycles. The Bertz CT molecular complexity index is 1130. The van der Waals surface area contributed by atoms with Gasteiger partial charge >= 0.3 is 230 Å². The predicted octanol–water partition coefficient (Wildman–Crippen LogP) is 8.48.